The third kappa shape index (κ3) is 6.29. The monoisotopic (exact) mass is 485 g/mol. The molecule has 0 spiro atoms. The quantitative estimate of drug-likeness (QED) is 0.285. The predicted octanol–water partition coefficient (Wildman–Crippen LogP) is 7.00. The number of phenols is 1. The summed E-state index contributed by atoms with van der Waals surface area (Å²) in [6, 6.07) is 7.28. The minimum atomic E-state index is -0.862. The number of hydrogen-bond acceptors (Lipinski definition) is 4. The van der Waals surface area contributed by atoms with E-state index in [1.807, 2.05) is 32.9 Å². The maximum absolute atomic E-state index is 11.4. The van der Waals surface area contributed by atoms with E-state index in [1.54, 1.807) is 12.1 Å². The van der Waals surface area contributed by atoms with Crippen molar-refractivity contribution in [2.75, 3.05) is 0 Å². The Morgan fingerprint density at radius 2 is 1.65 bits per heavy atom. The summed E-state index contributed by atoms with van der Waals surface area (Å²) in [5.74, 6) is -0.603. The second-order valence-corrected chi connectivity index (χ2v) is 10.5. The third-order valence-electron chi connectivity index (χ3n) is 6.13. The Labute approximate surface area is 206 Å². The summed E-state index contributed by atoms with van der Waals surface area (Å²) < 4.78 is 0. The fourth-order valence-corrected chi connectivity index (χ4v) is 4.59. The minimum absolute atomic E-state index is 0.00949. The molecular weight excluding hydrogens is 450 g/mol. The van der Waals surface area contributed by atoms with E-state index in [1.165, 1.54) is 30.5 Å². The molecule has 0 saturated heterocycles. The zero-order chi connectivity index (χ0) is 24.9. The van der Waals surface area contributed by atoms with Gasteiger partial charge in [-0.05, 0) is 60.1 Å². The lowest BCUT2D eigenvalue weighted by atomic mass is 9.81. The van der Waals surface area contributed by atoms with Crippen LogP contribution in [0.2, 0.25) is 5.02 Å². The first kappa shape index (κ1) is 26.0. The average Bonchev–Trinajstić information content (AvgIpc) is 3.17. The van der Waals surface area contributed by atoms with Crippen molar-refractivity contribution in [2.24, 2.45) is 0 Å². The smallest absolute Gasteiger partial charge is 0.303 e. The number of nitrogens with zero attached hydrogens (tertiary/aromatic N) is 3. The van der Waals surface area contributed by atoms with Gasteiger partial charge in [0.15, 0.2) is 0 Å². The van der Waals surface area contributed by atoms with Crippen LogP contribution in [-0.4, -0.2) is 31.2 Å². The van der Waals surface area contributed by atoms with Crippen LogP contribution in [0.1, 0.15) is 89.3 Å². The molecule has 0 bridgehead atoms. The summed E-state index contributed by atoms with van der Waals surface area (Å²) in [5.41, 5.74) is 4.01. The summed E-state index contributed by atoms with van der Waals surface area (Å²) in [6.45, 7) is 8.34. The van der Waals surface area contributed by atoms with Crippen molar-refractivity contribution >= 4 is 28.6 Å². The molecule has 0 saturated carbocycles. The van der Waals surface area contributed by atoms with Gasteiger partial charge in [0.25, 0.3) is 0 Å². The van der Waals surface area contributed by atoms with Crippen molar-refractivity contribution in [3.63, 3.8) is 0 Å². The van der Waals surface area contributed by atoms with Gasteiger partial charge in [0.05, 0.1) is 5.69 Å². The Bertz CT molecular complexity index is 1150. The molecule has 2 aromatic carbocycles. The highest BCUT2D eigenvalue weighted by molar-refractivity contribution is 6.31. The molecule has 0 aliphatic heterocycles. The van der Waals surface area contributed by atoms with Crippen LogP contribution in [0.5, 0.6) is 5.75 Å². The van der Waals surface area contributed by atoms with E-state index in [4.69, 9.17) is 11.6 Å². The van der Waals surface area contributed by atoms with Crippen molar-refractivity contribution in [1.29, 1.82) is 0 Å². The van der Waals surface area contributed by atoms with Crippen LogP contribution in [0.25, 0.3) is 16.7 Å². The lowest BCUT2D eigenvalue weighted by Gasteiger charge is -2.27. The molecule has 0 aliphatic rings. The van der Waals surface area contributed by atoms with E-state index in [-0.39, 0.29) is 12.2 Å². The Balaban J connectivity index is 2.09. The van der Waals surface area contributed by atoms with Crippen molar-refractivity contribution in [3.8, 4) is 11.4 Å². The number of rotatable bonds is 11. The Hall–Kier alpha value is -2.60. The number of aryl methyl sites for hydroxylation is 2. The number of carboxylic acids is 1. The van der Waals surface area contributed by atoms with Crippen LogP contribution < -0.4 is 0 Å². The summed E-state index contributed by atoms with van der Waals surface area (Å²) in [5, 5.41) is 30.7. The molecule has 2 N–H and O–H groups in total. The highest BCUT2D eigenvalue weighted by atomic mass is 35.5. The summed E-state index contributed by atoms with van der Waals surface area (Å²) in [4.78, 5) is 13.0. The molecule has 1 aromatic heterocycles. The molecular formula is C27H36ClN3O3. The number of aromatic nitrogens is 3. The van der Waals surface area contributed by atoms with Gasteiger partial charge in [0.2, 0.25) is 0 Å². The van der Waals surface area contributed by atoms with Crippen LogP contribution in [0.15, 0.2) is 24.3 Å². The van der Waals surface area contributed by atoms with Gasteiger partial charge in [-0.3, -0.25) is 4.79 Å². The number of hydrogen-bond donors (Lipinski definition) is 2. The fourth-order valence-electron chi connectivity index (χ4n) is 4.43. The zero-order valence-electron chi connectivity index (χ0n) is 20.7. The number of aromatic hydroxyl groups is 1. The van der Waals surface area contributed by atoms with E-state index in [0.717, 1.165) is 36.0 Å². The van der Waals surface area contributed by atoms with Gasteiger partial charge >= 0.3 is 5.97 Å². The van der Waals surface area contributed by atoms with Crippen molar-refractivity contribution in [1.82, 2.24) is 15.0 Å². The van der Waals surface area contributed by atoms with E-state index in [9.17, 15) is 15.0 Å². The lowest BCUT2D eigenvalue weighted by molar-refractivity contribution is -0.136. The van der Waals surface area contributed by atoms with E-state index in [2.05, 4.69) is 17.1 Å². The van der Waals surface area contributed by atoms with E-state index >= 15 is 0 Å². The molecule has 0 fully saturated rings. The highest BCUT2D eigenvalue weighted by Gasteiger charge is 2.29. The maximum Gasteiger partial charge on any atom is 0.303 e. The van der Waals surface area contributed by atoms with Gasteiger partial charge in [-0.25, -0.2) is 0 Å². The van der Waals surface area contributed by atoms with Gasteiger partial charge < -0.3 is 10.2 Å². The summed E-state index contributed by atoms with van der Waals surface area (Å²) in [6.07, 6.45) is 8.07. The number of unbranched alkanes of at least 4 members (excludes halogenated alkanes) is 5. The van der Waals surface area contributed by atoms with Crippen molar-refractivity contribution < 1.29 is 15.0 Å². The molecule has 34 heavy (non-hydrogen) atoms. The predicted molar refractivity (Wildman–Crippen MR) is 137 cm³/mol. The first-order chi connectivity index (χ1) is 16.1. The molecule has 0 unspecified atom stereocenters. The largest absolute Gasteiger partial charge is 0.507 e. The van der Waals surface area contributed by atoms with Crippen LogP contribution in [0.3, 0.4) is 0 Å². The molecule has 1 heterocycles. The second kappa shape index (κ2) is 11.2. The molecule has 6 nitrogen and oxygen atoms in total. The average molecular weight is 486 g/mol. The Kier molecular flexibility index (Phi) is 8.58. The van der Waals surface area contributed by atoms with Crippen LogP contribution >= 0.6 is 11.6 Å². The topological polar surface area (TPSA) is 88.2 Å². The highest BCUT2D eigenvalue weighted by Crippen LogP contribution is 2.41. The molecule has 0 radical (unpaired) electrons. The lowest BCUT2D eigenvalue weighted by Crippen LogP contribution is -2.20. The molecule has 0 aliphatic carbocycles. The van der Waals surface area contributed by atoms with Crippen LogP contribution in [-0.2, 0) is 23.1 Å². The standard InChI is InChI=1S/C27H36ClN3O3/c1-5-6-7-8-9-10-11-19-16-18(12-15-23(32)33)25(24(26(19)34)27(2,3)4)31-29-21-14-13-20(28)17-22(21)30-31/h13-14,16-17,34H,5-12,15H2,1-4H3,(H,32,33). The number of phenolic OH excluding ortho intramolecular Hbond substituents is 1. The normalized spacial score (nSPS) is 11.9. The zero-order valence-corrected chi connectivity index (χ0v) is 21.5. The Morgan fingerprint density at radius 3 is 2.32 bits per heavy atom. The molecule has 0 atom stereocenters. The Morgan fingerprint density at radius 1 is 0.971 bits per heavy atom. The molecule has 3 rings (SSSR count). The van der Waals surface area contributed by atoms with E-state index in [0.29, 0.717) is 28.2 Å². The number of benzene rings is 2. The van der Waals surface area contributed by atoms with Gasteiger partial charge in [-0.2, -0.15) is 0 Å². The van der Waals surface area contributed by atoms with Crippen LogP contribution in [0.4, 0.5) is 0 Å². The summed E-state index contributed by atoms with van der Waals surface area (Å²) >= 11 is 6.15. The molecule has 3 aromatic rings. The SMILES string of the molecule is CCCCCCCCc1cc(CCC(=O)O)c(-n2nc3ccc(Cl)cc3n2)c(C(C)(C)C)c1O. The minimum Gasteiger partial charge on any atom is -0.507 e. The van der Waals surface area contributed by atoms with E-state index < -0.39 is 11.4 Å². The van der Waals surface area contributed by atoms with Gasteiger partial charge in [-0.15, -0.1) is 15.0 Å². The fraction of sp³-hybridized carbons (Fsp3) is 0.519. The third-order valence-corrected chi connectivity index (χ3v) is 6.37. The molecule has 7 heteroatoms. The number of carbonyl (C=O) groups is 1. The molecule has 0 amide bonds. The van der Waals surface area contributed by atoms with Crippen LogP contribution in [0, 0.1) is 0 Å². The molecule has 184 valence electrons. The van der Waals surface area contributed by atoms with Crippen molar-refractivity contribution in [3.05, 3.63) is 46.0 Å². The van der Waals surface area contributed by atoms with Gasteiger partial charge in [-0.1, -0.05) is 71.4 Å². The number of fused-ring (bicyclic) bond motifs is 1. The first-order valence-corrected chi connectivity index (χ1v) is 12.6. The number of carboxylic acid groups (broad SMARTS) is 1. The van der Waals surface area contributed by atoms with Crippen molar-refractivity contribution in [2.45, 2.75) is 90.9 Å². The van der Waals surface area contributed by atoms with Gasteiger partial charge in [0.1, 0.15) is 16.8 Å². The van der Waals surface area contributed by atoms with Gasteiger partial charge in [0, 0.05) is 17.0 Å². The summed E-state index contributed by atoms with van der Waals surface area (Å²) in [7, 11) is 0. The number of halogens is 1. The maximum atomic E-state index is 11.4. The first-order valence-electron chi connectivity index (χ1n) is 12.2. The number of aliphatic carboxylic acids is 1. The second-order valence-electron chi connectivity index (χ2n) is 10.1.